The fraction of sp³-hybridized carbons (Fsp3) is 0.571. The van der Waals surface area contributed by atoms with Crippen molar-refractivity contribution in [1.82, 2.24) is 4.90 Å². The van der Waals surface area contributed by atoms with Crippen molar-refractivity contribution in [2.75, 3.05) is 0 Å². The topological polar surface area (TPSA) is 29.3 Å². The van der Waals surface area contributed by atoms with Gasteiger partial charge < -0.3 is 5.73 Å². The summed E-state index contributed by atoms with van der Waals surface area (Å²) in [5.74, 6) is -0.186. The summed E-state index contributed by atoms with van der Waals surface area (Å²) in [6.45, 7) is 0.906. The van der Waals surface area contributed by atoms with Gasteiger partial charge in [-0.25, -0.2) is 4.39 Å². The number of rotatable bonds is 2. The molecule has 2 fully saturated rings. The summed E-state index contributed by atoms with van der Waals surface area (Å²) in [7, 11) is 0. The Hall–Kier alpha value is -0.450. The minimum Gasteiger partial charge on any atom is -0.328 e. The zero-order valence-corrected chi connectivity index (χ0v) is 11.9. The van der Waals surface area contributed by atoms with Crippen LogP contribution in [0.2, 0.25) is 0 Å². The van der Waals surface area contributed by atoms with Crippen molar-refractivity contribution in [2.24, 2.45) is 5.73 Å². The van der Waals surface area contributed by atoms with E-state index >= 15 is 0 Å². The second kappa shape index (κ2) is 4.91. The molecule has 2 saturated heterocycles. The quantitative estimate of drug-likeness (QED) is 0.909. The Morgan fingerprint density at radius 3 is 2.56 bits per heavy atom. The Labute approximate surface area is 115 Å². The van der Waals surface area contributed by atoms with Gasteiger partial charge in [-0.05, 0) is 43.4 Å². The lowest BCUT2D eigenvalue weighted by molar-refractivity contribution is 0.119. The largest absolute Gasteiger partial charge is 0.328 e. The van der Waals surface area contributed by atoms with Crippen molar-refractivity contribution in [3.63, 3.8) is 0 Å². The van der Waals surface area contributed by atoms with Gasteiger partial charge >= 0.3 is 0 Å². The van der Waals surface area contributed by atoms with Gasteiger partial charge in [0.2, 0.25) is 0 Å². The lowest BCUT2D eigenvalue weighted by atomic mass is 9.97. The molecule has 2 aliphatic rings. The molecule has 0 aromatic heterocycles. The fourth-order valence-electron chi connectivity index (χ4n) is 3.42. The van der Waals surface area contributed by atoms with Crippen molar-refractivity contribution in [2.45, 2.75) is 50.4 Å². The van der Waals surface area contributed by atoms with Crippen molar-refractivity contribution in [3.8, 4) is 0 Å². The standard InChI is InChI=1S/C14H18BrFN2/c15-14-5-10(16)2-1-9(14)8-18-12-3-4-13(18)7-11(17)6-12/h1-2,5,11-13H,3-4,6-8,17H2. The molecule has 2 heterocycles. The molecule has 0 saturated carbocycles. The molecule has 2 N–H and O–H groups in total. The van der Waals surface area contributed by atoms with Gasteiger partial charge in [0.15, 0.2) is 0 Å². The lowest BCUT2D eigenvalue weighted by Crippen LogP contribution is -2.46. The van der Waals surface area contributed by atoms with Gasteiger partial charge in [-0.1, -0.05) is 22.0 Å². The highest BCUT2D eigenvalue weighted by Crippen LogP contribution is 2.37. The second-order valence-corrected chi connectivity index (χ2v) is 6.38. The average molecular weight is 313 g/mol. The van der Waals surface area contributed by atoms with Crippen LogP contribution < -0.4 is 5.73 Å². The number of piperidine rings is 1. The molecule has 0 spiro atoms. The van der Waals surface area contributed by atoms with Gasteiger partial charge in [0.1, 0.15) is 5.82 Å². The molecule has 4 heteroatoms. The Morgan fingerprint density at radius 1 is 1.28 bits per heavy atom. The normalized spacial score (nSPS) is 31.8. The molecule has 98 valence electrons. The van der Waals surface area contributed by atoms with Crippen molar-refractivity contribution < 1.29 is 4.39 Å². The molecule has 2 nitrogen and oxygen atoms in total. The molecule has 2 bridgehead atoms. The molecule has 1 aromatic carbocycles. The molecular formula is C14H18BrFN2. The van der Waals surface area contributed by atoms with Gasteiger partial charge in [0, 0.05) is 29.1 Å². The highest BCUT2D eigenvalue weighted by molar-refractivity contribution is 9.10. The number of benzene rings is 1. The van der Waals surface area contributed by atoms with Crippen molar-refractivity contribution >= 4 is 15.9 Å². The molecule has 0 amide bonds. The Morgan fingerprint density at radius 2 is 1.94 bits per heavy atom. The molecule has 18 heavy (non-hydrogen) atoms. The van der Waals surface area contributed by atoms with E-state index in [1.807, 2.05) is 6.07 Å². The molecule has 2 aliphatic heterocycles. The first-order valence-corrected chi connectivity index (χ1v) is 7.38. The van der Waals surface area contributed by atoms with E-state index in [0.29, 0.717) is 18.1 Å². The van der Waals surface area contributed by atoms with E-state index in [1.165, 1.54) is 24.5 Å². The van der Waals surface area contributed by atoms with Crippen LogP contribution in [-0.4, -0.2) is 23.0 Å². The Balaban J connectivity index is 1.77. The summed E-state index contributed by atoms with van der Waals surface area (Å²) in [5.41, 5.74) is 7.25. The predicted molar refractivity (Wildman–Crippen MR) is 73.7 cm³/mol. The van der Waals surface area contributed by atoms with Crippen LogP contribution in [0.3, 0.4) is 0 Å². The summed E-state index contributed by atoms with van der Waals surface area (Å²) in [4.78, 5) is 2.56. The van der Waals surface area contributed by atoms with Gasteiger partial charge in [0.25, 0.3) is 0 Å². The molecule has 3 rings (SSSR count). The Bertz CT molecular complexity index is 437. The summed E-state index contributed by atoms with van der Waals surface area (Å²) in [6, 6.07) is 6.58. The van der Waals surface area contributed by atoms with E-state index in [4.69, 9.17) is 5.73 Å². The summed E-state index contributed by atoms with van der Waals surface area (Å²) in [5, 5.41) is 0. The maximum atomic E-state index is 13.1. The van der Waals surface area contributed by atoms with E-state index in [2.05, 4.69) is 20.8 Å². The van der Waals surface area contributed by atoms with Crippen LogP contribution in [0.25, 0.3) is 0 Å². The van der Waals surface area contributed by atoms with Crippen LogP contribution in [0.15, 0.2) is 22.7 Å². The van der Waals surface area contributed by atoms with Crippen molar-refractivity contribution in [1.29, 1.82) is 0 Å². The van der Waals surface area contributed by atoms with Gasteiger partial charge in [-0.2, -0.15) is 0 Å². The number of nitrogens with two attached hydrogens (primary N) is 1. The molecule has 1 aromatic rings. The van der Waals surface area contributed by atoms with Crippen molar-refractivity contribution in [3.05, 3.63) is 34.1 Å². The summed E-state index contributed by atoms with van der Waals surface area (Å²) < 4.78 is 14.0. The summed E-state index contributed by atoms with van der Waals surface area (Å²) >= 11 is 3.45. The minimum absolute atomic E-state index is 0.186. The molecule has 0 radical (unpaired) electrons. The summed E-state index contributed by atoms with van der Waals surface area (Å²) in [6.07, 6.45) is 4.74. The minimum atomic E-state index is -0.186. The molecular weight excluding hydrogens is 295 g/mol. The first kappa shape index (κ1) is 12.6. The van der Waals surface area contributed by atoms with Gasteiger partial charge in [-0.15, -0.1) is 0 Å². The van der Waals surface area contributed by atoms with E-state index in [-0.39, 0.29) is 5.82 Å². The fourth-order valence-corrected chi connectivity index (χ4v) is 3.90. The number of hydrogen-bond acceptors (Lipinski definition) is 2. The predicted octanol–water partition coefficient (Wildman–Crippen LogP) is 3.04. The van der Waals surface area contributed by atoms with E-state index < -0.39 is 0 Å². The van der Waals surface area contributed by atoms with Gasteiger partial charge in [0.05, 0.1) is 0 Å². The third-order valence-corrected chi connectivity index (χ3v) is 5.03. The van der Waals surface area contributed by atoms with Gasteiger partial charge in [-0.3, -0.25) is 4.90 Å². The first-order chi connectivity index (χ1) is 8.63. The second-order valence-electron chi connectivity index (χ2n) is 5.52. The first-order valence-electron chi connectivity index (χ1n) is 6.59. The van der Waals surface area contributed by atoms with Crippen LogP contribution in [0.5, 0.6) is 0 Å². The molecule has 0 aliphatic carbocycles. The SMILES string of the molecule is NC1CC2CCC(C1)N2Cc1ccc(F)cc1Br. The van der Waals surface area contributed by atoms with Crippen LogP contribution in [0.4, 0.5) is 4.39 Å². The number of halogens is 2. The van der Waals surface area contributed by atoms with Crippen LogP contribution in [0.1, 0.15) is 31.2 Å². The zero-order valence-electron chi connectivity index (χ0n) is 10.3. The van der Waals surface area contributed by atoms with Crippen LogP contribution in [-0.2, 0) is 6.54 Å². The van der Waals surface area contributed by atoms with E-state index in [1.54, 1.807) is 6.07 Å². The average Bonchev–Trinajstić information content (AvgIpc) is 2.56. The Kier molecular flexibility index (Phi) is 3.43. The van der Waals surface area contributed by atoms with E-state index in [0.717, 1.165) is 23.9 Å². The smallest absolute Gasteiger partial charge is 0.124 e. The highest BCUT2D eigenvalue weighted by atomic mass is 79.9. The molecule has 2 unspecified atom stereocenters. The maximum Gasteiger partial charge on any atom is 0.124 e. The maximum absolute atomic E-state index is 13.1. The number of nitrogens with zero attached hydrogens (tertiary/aromatic N) is 1. The zero-order chi connectivity index (χ0) is 12.7. The highest BCUT2D eigenvalue weighted by Gasteiger charge is 2.39. The monoisotopic (exact) mass is 312 g/mol. The number of fused-ring (bicyclic) bond motifs is 2. The lowest BCUT2D eigenvalue weighted by Gasteiger charge is -2.37. The van der Waals surface area contributed by atoms with Crippen LogP contribution in [0, 0.1) is 5.82 Å². The van der Waals surface area contributed by atoms with Crippen LogP contribution >= 0.6 is 15.9 Å². The number of hydrogen-bond donors (Lipinski definition) is 1. The van der Waals surface area contributed by atoms with E-state index in [9.17, 15) is 4.39 Å². The third kappa shape index (κ3) is 2.33. The third-order valence-electron chi connectivity index (χ3n) is 4.29. The molecule has 2 atom stereocenters.